The van der Waals surface area contributed by atoms with Gasteiger partial charge in [0.05, 0.1) is 25.6 Å². The first-order valence-corrected chi connectivity index (χ1v) is 6.94. The molecular formula is C16H22O4. The number of benzene rings is 1. The number of hydrogen-bond donors (Lipinski definition) is 0. The molecule has 110 valence electrons. The lowest BCUT2D eigenvalue weighted by molar-refractivity contribution is -0.154. The molecule has 0 fully saturated rings. The second kappa shape index (κ2) is 8.35. The lowest BCUT2D eigenvalue weighted by atomic mass is 9.95. The third-order valence-corrected chi connectivity index (χ3v) is 2.90. The van der Waals surface area contributed by atoms with Crippen LogP contribution in [0.25, 0.3) is 0 Å². The van der Waals surface area contributed by atoms with Gasteiger partial charge < -0.3 is 9.47 Å². The number of hydrogen-bond acceptors (Lipinski definition) is 4. The quantitative estimate of drug-likeness (QED) is 0.720. The molecule has 0 aliphatic rings. The molecule has 0 aliphatic carbocycles. The second-order valence-corrected chi connectivity index (χ2v) is 4.65. The monoisotopic (exact) mass is 278 g/mol. The van der Waals surface area contributed by atoms with Crippen LogP contribution in [0, 0.1) is 12.8 Å². The predicted octanol–water partition coefficient (Wildman–Crippen LogP) is 2.67. The lowest BCUT2D eigenvalue weighted by Gasteiger charge is -2.15. The van der Waals surface area contributed by atoms with Gasteiger partial charge in [0.1, 0.15) is 0 Å². The van der Waals surface area contributed by atoms with Crippen molar-refractivity contribution in [2.75, 3.05) is 13.2 Å². The molecule has 0 spiro atoms. The van der Waals surface area contributed by atoms with Crippen LogP contribution in [0.5, 0.6) is 0 Å². The zero-order valence-electron chi connectivity index (χ0n) is 12.3. The molecule has 0 saturated heterocycles. The smallest absolute Gasteiger partial charge is 0.309 e. The third-order valence-electron chi connectivity index (χ3n) is 2.90. The summed E-state index contributed by atoms with van der Waals surface area (Å²) in [5.74, 6) is -1.20. The molecule has 0 aliphatic heterocycles. The van der Waals surface area contributed by atoms with Crippen molar-refractivity contribution < 1.29 is 19.1 Å². The molecule has 1 unspecified atom stereocenters. The fraction of sp³-hybridized carbons (Fsp3) is 0.500. The minimum Gasteiger partial charge on any atom is -0.466 e. The number of carbonyl (C=O) groups is 2. The largest absolute Gasteiger partial charge is 0.466 e. The maximum Gasteiger partial charge on any atom is 0.309 e. The highest BCUT2D eigenvalue weighted by molar-refractivity contribution is 5.80. The Balaban J connectivity index is 2.76. The van der Waals surface area contributed by atoms with Crippen LogP contribution in [0.3, 0.4) is 0 Å². The lowest BCUT2D eigenvalue weighted by Crippen LogP contribution is -2.24. The molecule has 1 aromatic carbocycles. The van der Waals surface area contributed by atoms with Gasteiger partial charge in [0.2, 0.25) is 0 Å². The van der Waals surface area contributed by atoms with E-state index in [0.29, 0.717) is 19.6 Å². The fourth-order valence-corrected chi connectivity index (χ4v) is 2.04. The Bertz CT molecular complexity index is 454. The maximum absolute atomic E-state index is 11.9. The second-order valence-electron chi connectivity index (χ2n) is 4.65. The van der Waals surface area contributed by atoms with Crippen molar-refractivity contribution in [1.82, 2.24) is 0 Å². The summed E-state index contributed by atoms with van der Waals surface area (Å²) in [6.07, 6.45) is 0.542. The van der Waals surface area contributed by atoms with Gasteiger partial charge in [-0.25, -0.2) is 0 Å². The summed E-state index contributed by atoms with van der Waals surface area (Å²) in [6.45, 7) is 6.13. The molecular weight excluding hydrogens is 256 g/mol. The van der Waals surface area contributed by atoms with E-state index in [4.69, 9.17) is 9.47 Å². The van der Waals surface area contributed by atoms with E-state index >= 15 is 0 Å². The normalized spacial score (nSPS) is 11.8. The summed E-state index contributed by atoms with van der Waals surface area (Å²) in [6, 6.07) is 7.90. The Labute approximate surface area is 120 Å². The number of aryl methyl sites for hydroxylation is 1. The molecule has 1 rings (SSSR count). The van der Waals surface area contributed by atoms with Crippen LogP contribution < -0.4 is 0 Å². The van der Waals surface area contributed by atoms with Crippen LogP contribution in [0.4, 0.5) is 0 Å². The van der Waals surface area contributed by atoms with Gasteiger partial charge in [-0.15, -0.1) is 0 Å². The average molecular weight is 278 g/mol. The van der Waals surface area contributed by atoms with Crippen LogP contribution >= 0.6 is 0 Å². The number of ether oxygens (including phenoxy) is 2. The Kier molecular flexibility index (Phi) is 6.77. The summed E-state index contributed by atoms with van der Waals surface area (Å²) in [4.78, 5) is 23.5. The van der Waals surface area contributed by atoms with E-state index in [9.17, 15) is 9.59 Å². The minimum atomic E-state index is -0.490. The molecule has 4 nitrogen and oxygen atoms in total. The van der Waals surface area contributed by atoms with Gasteiger partial charge in [-0.2, -0.15) is 0 Å². The highest BCUT2D eigenvalue weighted by Gasteiger charge is 2.24. The van der Waals surface area contributed by atoms with Crippen molar-refractivity contribution >= 4 is 11.9 Å². The third kappa shape index (κ3) is 5.43. The van der Waals surface area contributed by atoms with Crippen LogP contribution in [0.2, 0.25) is 0 Å². The Hall–Kier alpha value is -1.84. The van der Waals surface area contributed by atoms with Crippen molar-refractivity contribution in [3.8, 4) is 0 Å². The van der Waals surface area contributed by atoms with Crippen molar-refractivity contribution in [3.05, 3.63) is 35.4 Å². The standard InChI is InChI=1S/C16H22O4/c1-4-19-15(17)11-14(16(18)20-5-2)10-13-8-6-7-12(3)9-13/h6-9,14H,4-5,10-11H2,1-3H3. The van der Waals surface area contributed by atoms with Crippen LogP contribution in [-0.4, -0.2) is 25.2 Å². The van der Waals surface area contributed by atoms with Gasteiger partial charge in [0.15, 0.2) is 0 Å². The van der Waals surface area contributed by atoms with E-state index in [1.807, 2.05) is 31.2 Å². The highest BCUT2D eigenvalue weighted by Crippen LogP contribution is 2.16. The number of carbonyl (C=O) groups excluding carboxylic acids is 2. The first kappa shape index (κ1) is 16.2. The fourth-order valence-electron chi connectivity index (χ4n) is 2.04. The van der Waals surface area contributed by atoms with Crippen LogP contribution in [-0.2, 0) is 25.5 Å². The number of esters is 2. The van der Waals surface area contributed by atoms with E-state index in [1.54, 1.807) is 13.8 Å². The van der Waals surface area contributed by atoms with Gasteiger partial charge in [0, 0.05) is 0 Å². The molecule has 0 aromatic heterocycles. The van der Waals surface area contributed by atoms with Crippen molar-refractivity contribution in [2.24, 2.45) is 5.92 Å². The minimum absolute atomic E-state index is 0.0562. The zero-order valence-corrected chi connectivity index (χ0v) is 12.3. The molecule has 4 heteroatoms. The predicted molar refractivity (Wildman–Crippen MR) is 76.3 cm³/mol. The summed E-state index contributed by atoms with van der Waals surface area (Å²) in [5.41, 5.74) is 2.15. The maximum atomic E-state index is 11.9. The Morgan fingerprint density at radius 2 is 1.85 bits per heavy atom. The summed E-state index contributed by atoms with van der Waals surface area (Å²) in [7, 11) is 0. The summed E-state index contributed by atoms with van der Waals surface area (Å²) in [5, 5.41) is 0. The first-order chi connectivity index (χ1) is 9.56. The topological polar surface area (TPSA) is 52.6 Å². The molecule has 0 amide bonds. The van der Waals surface area contributed by atoms with Gasteiger partial charge in [-0.3, -0.25) is 9.59 Å². The van der Waals surface area contributed by atoms with Gasteiger partial charge >= 0.3 is 11.9 Å². The van der Waals surface area contributed by atoms with E-state index in [0.717, 1.165) is 11.1 Å². The van der Waals surface area contributed by atoms with Crippen LogP contribution in [0.1, 0.15) is 31.4 Å². The van der Waals surface area contributed by atoms with Crippen molar-refractivity contribution in [1.29, 1.82) is 0 Å². The molecule has 20 heavy (non-hydrogen) atoms. The van der Waals surface area contributed by atoms with Crippen LogP contribution in [0.15, 0.2) is 24.3 Å². The van der Waals surface area contributed by atoms with E-state index < -0.39 is 5.92 Å². The number of rotatable bonds is 7. The molecule has 0 N–H and O–H groups in total. The zero-order chi connectivity index (χ0) is 15.0. The molecule has 0 saturated carbocycles. The average Bonchev–Trinajstić information content (AvgIpc) is 2.38. The van der Waals surface area contributed by atoms with E-state index in [1.165, 1.54) is 0 Å². The molecule has 0 heterocycles. The summed E-state index contributed by atoms with van der Waals surface area (Å²) >= 11 is 0. The van der Waals surface area contributed by atoms with Gasteiger partial charge in [0.25, 0.3) is 0 Å². The van der Waals surface area contributed by atoms with E-state index in [-0.39, 0.29) is 18.4 Å². The molecule has 1 aromatic rings. The molecule has 0 radical (unpaired) electrons. The Morgan fingerprint density at radius 3 is 2.45 bits per heavy atom. The highest BCUT2D eigenvalue weighted by atomic mass is 16.5. The van der Waals surface area contributed by atoms with Gasteiger partial charge in [-0.05, 0) is 32.8 Å². The summed E-state index contributed by atoms with van der Waals surface area (Å²) < 4.78 is 9.95. The Morgan fingerprint density at radius 1 is 1.15 bits per heavy atom. The molecule has 0 bridgehead atoms. The SMILES string of the molecule is CCOC(=O)CC(Cc1cccc(C)c1)C(=O)OCC. The molecule has 1 atom stereocenters. The van der Waals surface area contributed by atoms with Gasteiger partial charge in [-0.1, -0.05) is 29.8 Å². The van der Waals surface area contributed by atoms with Crippen molar-refractivity contribution in [3.63, 3.8) is 0 Å². The first-order valence-electron chi connectivity index (χ1n) is 6.94. The van der Waals surface area contributed by atoms with E-state index in [2.05, 4.69) is 0 Å². The van der Waals surface area contributed by atoms with Crippen molar-refractivity contribution in [2.45, 2.75) is 33.6 Å².